The van der Waals surface area contributed by atoms with Crippen LogP contribution in [0.5, 0.6) is 0 Å². The predicted molar refractivity (Wildman–Crippen MR) is 46.7 cm³/mol. The number of hydrogen-bond donors (Lipinski definition) is 2. The fourth-order valence-corrected chi connectivity index (χ4v) is 1.09. The van der Waals surface area contributed by atoms with Crippen molar-refractivity contribution in [2.75, 3.05) is 6.54 Å². The van der Waals surface area contributed by atoms with Gasteiger partial charge in [-0.3, -0.25) is 0 Å². The predicted octanol–water partition coefficient (Wildman–Crippen LogP) is -0.235. The van der Waals surface area contributed by atoms with Crippen molar-refractivity contribution in [3.8, 4) is 0 Å². The van der Waals surface area contributed by atoms with Gasteiger partial charge in [-0.25, -0.2) is 4.98 Å². The molecule has 1 heterocycles. The first-order valence-corrected chi connectivity index (χ1v) is 4.11. The van der Waals surface area contributed by atoms with Crippen LogP contribution in [0.4, 0.5) is 0 Å². The van der Waals surface area contributed by atoms with Gasteiger partial charge in [0, 0.05) is 19.2 Å². The Morgan fingerprint density at radius 2 is 2.50 bits per heavy atom. The fraction of sp³-hybridized carbons (Fsp3) is 0.625. The molecule has 0 aliphatic carbocycles. The summed E-state index contributed by atoms with van der Waals surface area (Å²) in [5.41, 5.74) is 6.36. The molecular weight excluding hydrogens is 154 g/mol. The van der Waals surface area contributed by atoms with E-state index in [0.29, 0.717) is 13.1 Å². The standard InChI is InChI=1S/C8H15N3O/c1-7(12)4-11-5-8(2-3-9)10-6-11/h5-7,12H,2-4,9H2,1H3. The highest BCUT2D eigenvalue weighted by molar-refractivity contribution is 4.97. The molecule has 1 rings (SSSR count). The van der Waals surface area contributed by atoms with E-state index in [1.165, 1.54) is 0 Å². The minimum Gasteiger partial charge on any atom is -0.392 e. The van der Waals surface area contributed by atoms with Crippen molar-refractivity contribution in [3.63, 3.8) is 0 Å². The van der Waals surface area contributed by atoms with Gasteiger partial charge in [-0.2, -0.15) is 0 Å². The van der Waals surface area contributed by atoms with Gasteiger partial charge in [0.05, 0.1) is 18.1 Å². The summed E-state index contributed by atoms with van der Waals surface area (Å²) in [5.74, 6) is 0. The maximum atomic E-state index is 9.07. The van der Waals surface area contributed by atoms with Gasteiger partial charge in [0.2, 0.25) is 0 Å². The van der Waals surface area contributed by atoms with Crippen molar-refractivity contribution >= 4 is 0 Å². The molecule has 3 N–H and O–H groups in total. The molecule has 0 radical (unpaired) electrons. The van der Waals surface area contributed by atoms with Crippen LogP contribution in [-0.4, -0.2) is 27.3 Å². The number of nitrogens with zero attached hydrogens (tertiary/aromatic N) is 2. The lowest BCUT2D eigenvalue weighted by atomic mass is 10.3. The second-order valence-corrected chi connectivity index (χ2v) is 2.95. The van der Waals surface area contributed by atoms with E-state index >= 15 is 0 Å². The smallest absolute Gasteiger partial charge is 0.0950 e. The van der Waals surface area contributed by atoms with Crippen LogP contribution in [0.2, 0.25) is 0 Å². The van der Waals surface area contributed by atoms with Crippen LogP contribution in [0.25, 0.3) is 0 Å². The average molecular weight is 169 g/mol. The van der Waals surface area contributed by atoms with Crippen molar-refractivity contribution in [3.05, 3.63) is 18.2 Å². The second-order valence-electron chi connectivity index (χ2n) is 2.95. The van der Waals surface area contributed by atoms with E-state index in [4.69, 9.17) is 10.8 Å². The molecule has 12 heavy (non-hydrogen) atoms. The fourth-order valence-electron chi connectivity index (χ4n) is 1.09. The minimum atomic E-state index is -0.329. The van der Waals surface area contributed by atoms with Crippen LogP contribution < -0.4 is 5.73 Å². The second kappa shape index (κ2) is 4.23. The molecule has 0 aliphatic rings. The van der Waals surface area contributed by atoms with Crippen molar-refractivity contribution in [1.29, 1.82) is 0 Å². The molecule has 1 aromatic rings. The highest BCUT2D eigenvalue weighted by atomic mass is 16.3. The number of aliphatic hydroxyl groups excluding tert-OH is 1. The molecule has 0 saturated heterocycles. The van der Waals surface area contributed by atoms with E-state index < -0.39 is 0 Å². The van der Waals surface area contributed by atoms with Crippen molar-refractivity contribution in [2.45, 2.75) is 26.0 Å². The normalized spacial score (nSPS) is 13.2. The maximum absolute atomic E-state index is 9.07. The van der Waals surface area contributed by atoms with Crippen LogP contribution in [0.3, 0.4) is 0 Å². The maximum Gasteiger partial charge on any atom is 0.0950 e. The number of nitrogens with two attached hydrogens (primary N) is 1. The summed E-state index contributed by atoms with van der Waals surface area (Å²) in [6.07, 6.45) is 4.11. The van der Waals surface area contributed by atoms with Crippen LogP contribution in [0.1, 0.15) is 12.6 Å². The average Bonchev–Trinajstić information content (AvgIpc) is 2.36. The third-order valence-corrected chi connectivity index (χ3v) is 1.56. The lowest BCUT2D eigenvalue weighted by Gasteiger charge is -2.03. The Morgan fingerprint density at radius 3 is 3.08 bits per heavy atom. The first-order chi connectivity index (χ1) is 5.72. The summed E-state index contributed by atoms with van der Waals surface area (Å²) in [4.78, 5) is 4.13. The molecule has 0 aliphatic heterocycles. The Kier molecular flexibility index (Phi) is 3.25. The Labute approximate surface area is 72.0 Å². The highest BCUT2D eigenvalue weighted by Gasteiger charge is 1.99. The number of hydrogen-bond acceptors (Lipinski definition) is 3. The van der Waals surface area contributed by atoms with Gasteiger partial charge in [0.1, 0.15) is 0 Å². The zero-order valence-corrected chi connectivity index (χ0v) is 7.27. The van der Waals surface area contributed by atoms with E-state index in [1.807, 2.05) is 10.8 Å². The van der Waals surface area contributed by atoms with Gasteiger partial charge >= 0.3 is 0 Å². The van der Waals surface area contributed by atoms with E-state index in [2.05, 4.69) is 4.98 Å². The molecule has 1 aromatic heterocycles. The van der Waals surface area contributed by atoms with Crippen LogP contribution in [0, 0.1) is 0 Å². The van der Waals surface area contributed by atoms with Crippen LogP contribution in [0.15, 0.2) is 12.5 Å². The van der Waals surface area contributed by atoms with E-state index in [9.17, 15) is 0 Å². The molecule has 0 amide bonds. The van der Waals surface area contributed by atoms with E-state index in [-0.39, 0.29) is 6.10 Å². The van der Waals surface area contributed by atoms with E-state index in [1.54, 1.807) is 13.3 Å². The highest BCUT2D eigenvalue weighted by Crippen LogP contribution is 1.97. The molecule has 1 unspecified atom stereocenters. The molecule has 68 valence electrons. The SMILES string of the molecule is CC(O)Cn1cnc(CCN)c1. The first kappa shape index (κ1) is 9.22. The molecule has 1 atom stereocenters. The molecule has 4 heteroatoms. The van der Waals surface area contributed by atoms with Gasteiger partial charge in [-0.1, -0.05) is 0 Å². The van der Waals surface area contributed by atoms with Gasteiger partial charge in [-0.05, 0) is 13.5 Å². The summed E-state index contributed by atoms with van der Waals surface area (Å²) in [6.45, 7) is 2.96. The summed E-state index contributed by atoms with van der Waals surface area (Å²) >= 11 is 0. The Morgan fingerprint density at radius 1 is 1.75 bits per heavy atom. The van der Waals surface area contributed by atoms with Crippen molar-refractivity contribution in [2.24, 2.45) is 5.73 Å². The topological polar surface area (TPSA) is 64.1 Å². The van der Waals surface area contributed by atoms with Gasteiger partial charge in [-0.15, -0.1) is 0 Å². The summed E-state index contributed by atoms with van der Waals surface area (Å²) in [7, 11) is 0. The summed E-state index contributed by atoms with van der Waals surface area (Å²) < 4.78 is 1.87. The summed E-state index contributed by atoms with van der Waals surface area (Å²) in [6, 6.07) is 0. The third-order valence-electron chi connectivity index (χ3n) is 1.56. The quantitative estimate of drug-likeness (QED) is 0.654. The molecule has 4 nitrogen and oxygen atoms in total. The van der Waals surface area contributed by atoms with Gasteiger partial charge < -0.3 is 15.4 Å². The first-order valence-electron chi connectivity index (χ1n) is 4.11. The lowest BCUT2D eigenvalue weighted by Crippen LogP contribution is -2.09. The zero-order chi connectivity index (χ0) is 8.97. The number of rotatable bonds is 4. The third kappa shape index (κ3) is 2.64. The Balaban J connectivity index is 2.52. The number of aliphatic hydroxyl groups is 1. The minimum absolute atomic E-state index is 0.329. The largest absolute Gasteiger partial charge is 0.392 e. The Hall–Kier alpha value is -0.870. The van der Waals surface area contributed by atoms with Gasteiger partial charge in [0.25, 0.3) is 0 Å². The van der Waals surface area contributed by atoms with E-state index in [0.717, 1.165) is 12.1 Å². The van der Waals surface area contributed by atoms with Crippen molar-refractivity contribution in [1.82, 2.24) is 9.55 Å². The van der Waals surface area contributed by atoms with Crippen molar-refractivity contribution < 1.29 is 5.11 Å². The van der Waals surface area contributed by atoms with Crippen LogP contribution >= 0.6 is 0 Å². The zero-order valence-electron chi connectivity index (χ0n) is 7.27. The number of aromatic nitrogens is 2. The molecule has 0 fully saturated rings. The number of imidazole rings is 1. The summed E-state index contributed by atoms with van der Waals surface area (Å²) in [5, 5.41) is 9.07. The molecule has 0 aromatic carbocycles. The molecular formula is C8H15N3O. The molecule has 0 saturated carbocycles. The van der Waals surface area contributed by atoms with Gasteiger partial charge in [0.15, 0.2) is 0 Å². The lowest BCUT2D eigenvalue weighted by molar-refractivity contribution is 0.173. The molecule has 0 bridgehead atoms. The van der Waals surface area contributed by atoms with Crippen LogP contribution in [-0.2, 0) is 13.0 Å². The monoisotopic (exact) mass is 169 g/mol. The molecule has 0 spiro atoms. The Bertz CT molecular complexity index is 232.